The van der Waals surface area contributed by atoms with Gasteiger partial charge in [0.1, 0.15) is 0 Å². The lowest BCUT2D eigenvalue weighted by Gasteiger charge is -2.23. The molecule has 0 aliphatic carbocycles. The summed E-state index contributed by atoms with van der Waals surface area (Å²) in [5.74, 6) is 0. The maximum atomic E-state index is 4.49. The summed E-state index contributed by atoms with van der Waals surface area (Å²) in [6.45, 7) is 11.9. The van der Waals surface area contributed by atoms with Crippen LogP contribution in [0.1, 0.15) is 45.7 Å². The van der Waals surface area contributed by atoms with Crippen molar-refractivity contribution in [3.05, 3.63) is 35.9 Å². The molecule has 0 saturated heterocycles. The zero-order valence-corrected chi connectivity index (χ0v) is 12.8. The van der Waals surface area contributed by atoms with Crippen LogP contribution in [-0.2, 0) is 24.4 Å². The summed E-state index contributed by atoms with van der Waals surface area (Å²) in [5.41, 5.74) is 2.68. The molecule has 104 valence electrons. The molecule has 2 heterocycles. The highest BCUT2D eigenvalue weighted by atomic mass is 15.3. The van der Waals surface area contributed by atoms with Gasteiger partial charge in [0.15, 0.2) is 0 Å². The maximum absolute atomic E-state index is 4.49. The van der Waals surface area contributed by atoms with E-state index in [-0.39, 0.29) is 10.8 Å². The second kappa shape index (κ2) is 4.51. The quantitative estimate of drug-likeness (QED) is 0.850. The van der Waals surface area contributed by atoms with Crippen LogP contribution in [0.3, 0.4) is 0 Å². The Bertz CT molecular complexity index is 555. The van der Waals surface area contributed by atoms with Gasteiger partial charge in [-0.25, -0.2) is 0 Å². The molecule has 0 saturated carbocycles. The summed E-state index contributed by atoms with van der Waals surface area (Å²) in [7, 11) is 1.95. The van der Waals surface area contributed by atoms with Gasteiger partial charge in [-0.05, 0) is 16.5 Å². The molecule has 4 nitrogen and oxygen atoms in total. The predicted molar refractivity (Wildman–Crippen MR) is 77.2 cm³/mol. The summed E-state index contributed by atoms with van der Waals surface area (Å²) >= 11 is 0. The second-order valence-corrected chi connectivity index (χ2v) is 6.96. The number of rotatable bonds is 3. The van der Waals surface area contributed by atoms with Crippen molar-refractivity contribution in [3.8, 4) is 0 Å². The van der Waals surface area contributed by atoms with E-state index in [1.54, 1.807) is 0 Å². The molecule has 19 heavy (non-hydrogen) atoms. The van der Waals surface area contributed by atoms with Crippen LogP contribution in [0.5, 0.6) is 0 Å². The lowest BCUT2D eigenvalue weighted by atomic mass is 9.86. The van der Waals surface area contributed by atoms with Crippen molar-refractivity contribution in [2.24, 2.45) is 7.05 Å². The highest BCUT2D eigenvalue weighted by molar-refractivity contribution is 5.18. The fourth-order valence-electron chi connectivity index (χ4n) is 2.10. The van der Waals surface area contributed by atoms with E-state index in [0.29, 0.717) is 0 Å². The van der Waals surface area contributed by atoms with Gasteiger partial charge in [-0.15, -0.1) is 0 Å². The zero-order valence-electron chi connectivity index (χ0n) is 12.8. The molecule has 2 aromatic rings. The summed E-state index contributed by atoms with van der Waals surface area (Å²) in [4.78, 5) is 0. The van der Waals surface area contributed by atoms with E-state index >= 15 is 0 Å². The SMILES string of the molecule is Cn1cc(C(C)(C)Cn2cc(C(C)(C)C)cn2)cn1. The molecule has 2 rings (SSSR count). The third-order valence-electron chi connectivity index (χ3n) is 3.54. The van der Waals surface area contributed by atoms with Gasteiger partial charge < -0.3 is 0 Å². The molecule has 0 bridgehead atoms. The molecule has 0 spiro atoms. The van der Waals surface area contributed by atoms with Crippen molar-refractivity contribution >= 4 is 0 Å². The minimum atomic E-state index is 0.0232. The Hall–Kier alpha value is -1.58. The Balaban J connectivity index is 2.18. The molecule has 0 aromatic carbocycles. The van der Waals surface area contributed by atoms with Crippen LogP contribution in [0, 0.1) is 0 Å². The number of hydrogen-bond acceptors (Lipinski definition) is 2. The molecule has 0 aliphatic rings. The summed E-state index contributed by atoms with van der Waals surface area (Å²) in [5, 5.41) is 8.75. The van der Waals surface area contributed by atoms with Gasteiger partial charge in [0.25, 0.3) is 0 Å². The lowest BCUT2D eigenvalue weighted by Crippen LogP contribution is -2.24. The molecule has 0 fully saturated rings. The van der Waals surface area contributed by atoms with E-state index < -0.39 is 0 Å². The fraction of sp³-hybridized carbons (Fsp3) is 0.600. The minimum absolute atomic E-state index is 0.0232. The van der Waals surface area contributed by atoms with Gasteiger partial charge in [0.2, 0.25) is 0 Å². The average molecular weight is 260 g/mol. The van der Waals surface area contributed by atoms with Crippen molar-refractivity contribution in [2.45, 2.75) is 52.0 Å². The summed E-state index contributed by atoms with van der Waals surface area (Å²) in [6, 6.07) is 0. The normalized spacial score (nSPS) is 12.9. The Morgan fingerprint density at radius 1 is 0.947 bits per heavy atom. The first-order valence-electron chi connectivity index (χ1n) is 6.70. The van der Waals surface area contributed by atoms with Gasteiger partial charge in [-0.3, -0.25) is 9.36 Å². The van der Waals surface area contributed by atoms with E-state index in [1.807, 2.05) is 28.8 Å². The monoisotopic (exact) mass is 260 g/mol. The molecule has 0 N–H and O–H groups in total. The number of aryl methyl sites for hydroxylation is 1. The van der Waals surface area contributed by atoms with Crippen LogP contribution in [0.2, 0.25) is 0 Å². The average Bonchev–Trinajstić information content (AvgIpc) is 2.85. The molecule has 4 heteroatoms. The lowest BCUT2D eigenvalue weighted by molar-refractivity contribution is 0.407. The first-order chi connectivity index (χ1) is 8.68. The van der Waals surface area contributed by atoms with Crippen LogP contribution in [0.15, 0.2) is 24.8 Å². The molecule has 0 atom stereocenters. The van der Waals surface area contributed by atoms with Gasteiger partial charge >= 0.3 is 0 Å². The van der Waals surface area contributed by atoms with E-state index in [9.17, 15) is 0 Å². The highest BCUT2D eigenvalue weighted by Gasteiger charge is 2.24. The van der Waals surface area contributed by atoms with Crippen molar-refractivity contribution in [2.75, 3.05) is 0 Å². The van der Waals surface area contributed by atoms with Crippen molar-refractivity contribution in [1.82, 2.24) is 19.6 Å². The van der Waals surface area contributed by atoms with Crippen molar-refractivity contribution in [3.63, 3.8) is 0 Å². The topological polar surface area (TPSA) is 35.6 Å². The van der Waals surface area contributed by atoms with Gasteiger partial charge in [-0.1, -0.05) is 34.6 Å². The van der Waals surface area contributed by atoms with Crippen molar-refractivity contribution < 1.29 is 0 Å². The Morgan fingerprint density at radius 3 is 2.05 bits per heavy atom. The third-order valence-corrected chi connectivity index (χ3v) is 3.54. The number of hydrogen-bond donors (Lipinski definition) is 0. The maximum Gasteiger partial charge on any atom is 0.0527 e. The van der Waals surface area contributed by atoms with E-state index in [1.165, 1.54) is 11.1 Å². The van der Waals surface area contributed by atoms with Crippen LogP contribution >= 0.6 is 0 Å². The zero-order chi connectivity index (χ0) is 14.3. The van der Waals surface area contributed by atoms with Crippen LogP contribution < -0.4 is 0 Å². The molecular weight excluding hydrogens is 236 g/mol. The summed E-state index contributed by atoms with van der Waals surface area (Å²) in [6.07, 6.45) is 8.14. The van der Waals surface area contributed by atoms with E-state index in [2.05, 4.69) is 57.2 Å². The van der Waals surface area contributed by atoms with Gasteiger partial charge in [0.05, 0.1) is 18.9 Å². The second-order valence-electron chi connectivity index (χ2n) is 6.96. The van der Waals surface area contributed by atoms with Gasteiger partial charge in [-0.2, -0.15) is 10.2 Å². The highest BCUT2D eigenvalue weighted by Crippen LogP contribution is 2.26. The minimum Gasteiger partial charge on any atom is -0.276 e. The largest absolute Gasteiger partial charge is 0.276 e. The number of nitrogens with zero attached hydrogens (tertiary/aromatic N) is 4. The first-order valence-corrected chi connectivity index (χ1v) is 6.70. The van der Waals surface area contributed by atoms with Crippen molar-refractivity contribution in [1.29, 1.82) is 0 Å². The first kappa shape index (κ1) is 13.8. The molecule has 0 aliphatic heterocycles. The van der Waals surface area contributed by atoms with Crippen LogP contribution in [0.4, 0.5) is 0 Å². The third kappa shape index (κ3) is 3.06. The molecule has 0 unspecified atom stereocenters. The van der Waals surface area contributed by atoms with E-state index in [0.717, 1.165) is 6.54 Å². The molecular formula is C15H24N4. The van der Waals surface area contributed by atoms with Crippen LogP contribution in [0.25, 0.3) is 0 Å². The number of aromatic nitrogens is 4. The molecule has 0 radical (unpaired) electrons. The Morgan fingerprint density at radius 2 is 1.58 bits per heavy atom. The van der Waals surface area contributed by atoms with Crippen LogP contribution in [-0.4, -0.2) is 19.6 Å². The predicted octanol–water partition coefficient (Wildman–Crippen LogP) is 2.89. The Kier molecular flexibility index (Phi) is 3.29. The van der Waals surface area contributed by atoms with Gasteiger partial charge in [0, 0.05) is 24.9 Å². The standard InChI is InChI=1S/C15H24N4/c1-14(2,3)12-7-17-19(10-12)11-15(4,5)13-8-16-18(6)9-13/h7-10H,11H2,1-6H3. The molecule has 0 amide bonds. The van der Waals surface area contributed by atoms with E-state index in [4.69, 9.17) is 0 Å². The Labute approximate surface area is 115 Å². The summed E-state index contributed by atoms with van der Waals surface area (Å²) < 4.78 is 3.88. The molecule has 2 aromatic heterocycles. The fourth-order valence-corrected chi connectivity index (χ4v) is 2.10. The smallest absolute Gasteiger partial charge is 0.0527 e.